The Bertz CT molecular complexity index is 289. The van der Waals surface area contributed by atoms with E-state index in [1.54, 1.807) is 0 Å². The quantitative estimate of drug-likeness (QED) is 0.539. The van der Waals surface area contributed by atoms with Gasteiger partial charge in [-0.3, -0.25) is 0 Å². The molecule has 1 saturated heterocycles. The van der Waals surface area contributed by atoms with Crippen molar-refractivity contribution in [3.8, 4) is 0 Å². The van der Waals surface area contributed by atoms with Gasteiger partial charge in [-0.15, -0.1) is 0 Å². The van der Waals surface area contributed by atoms with E-state index in [0.29, 0.717) is 12.0 Å². The van der Waals surface area contributed by atoms with Crippen LogP contribution in [0.15, 0.2) is 11.6 Å². The fourth-order valence-electron chi connectivity index (χ4n) is 3.20. The molecule has 1 spiro atoms. The van der Waals surface area contributed by atoms with Crippen LogP contribution in [-0.4, -0.2) is 25.4 Å². The van der Waals surface area contributed by atoms with E-state index in [2.05, 4.69) is 26.8 Å². The number of methoxy groups -OCH3 is 1. The Kier molecular flexibility index (Phi) is 3.94. The maximum atomic E-state index is 5.73. The molecule has 1 heterocycles. The Labute approximate surface area is 105 Å². The van der Waals surface area contributed by atoms with Crippen molar-refractivity contribution in [2.45, 2.75) is 58.2 Å². The number of hydrogen-bond donors (Lipinski definition) is 0. The van der Waals surface area contributed by atoms with Crippen LogP contribution in [-0.2, 0) is 9.47 Å². The van der Waals surface area contributed by atoms with Gasteiger partial charge in [0, 0.05) is 13.0 Å². The number of hydrogen-bond acceptors (Lipinski definition) is 2. The van der Waals surface area contributed by atoms with Crippen LogP contribution in [0.3, 0.4) is 0 Å². The van der Waals surface area contributed by atoms with Crippen LogP contribution in [0.5, 0.6) is 0 Å². The highest BCUT2D eigenvalue weighted by molar-refractivity contribution is 5.21. The lowest BCUT2D eigenvalue weighted by molar-refractivity contribution is 0.0683. The zero-order chi connectivity index (χ0) is 12.5. The molecule has 1 aliphatic heterocycles. The maximum Gasteiger partial charge on any atom is 0.101 e. The van der Waals surface area contributed by atoms with Gasteiger partial charge in [-0.25, -0.2) is 0 Å². The average Bonchev–Trinajstić information content (AvgIpc) is 2.92. The second kappa shape index (κ2) is 5.11. The molecule has 0 radical (unpaired) electrons. The maximum absolute atomic E-state index is 5.73. The van der Waals surface area contributed by atoms with Crippen LogP contribution >= 0.6 is 0 Å². The molecule has 3 atom stereocenters. The molecule has 0 aromatic rings. The van der Waals surface area contributed by atoms with Gasteiger partial charge in [-0.1, -0.05) is 25.5 Å². The molecule has 2 fully saturated rings. The first kappa shape index (κ1) is 13.1. The van der Waals surface area contributed by atoms with Gasteiger partial charge in [0.05, 0.1) is 12.7 Å². The van der Waals surface area contributed by atoms with E-state index >= 15 is 0 Å². The average molecular weight is 238 g/mol. The van der Waals surface area contributed by atoms with E-state index in [1.807, 2.05) is 7.11 Å². The first-order valence-electron chi connectivity index (χ1n) is 6.92. The number of allylic oxidation sites excluding steroid dienone is 1. The predicted molar refractivity (Wildman–Crippen MR) is 70.0 cm³/mol. The third kappa shape index (κ3) is 2.74. The molecule has 0 unspecified atom stereocenters. The van der Waals surface area contributed by atoms with Crippen LogP contribution < -0.4 is 0 Å². The van der Waals surface area contributed by atoms with Crippen molar-refractivity contribution >= 4 is 0 Å². The summed E-state index contributed by atoms with van der Waals surface area (Å²) in [6.07, 6.45) is 7.56. The minimum absolute atomic E-state index is 0.152. The summed E-state index contributed by atoms with van der Waals surface area (Å²) >= 11 is 0. The van der Waals surface area contributed by atoms with Gasteiger partial charge in [-0.2, -0.15) is 0 Å². The van der Waals surface area contributed by atoms with Gasteiger partial charge >= 0.3 is 0 Å². The van der Waals surface area contributed by atoms with E-state index in [1.165, 1.54) is 24.8 Å². The van der Waals surface area contributed by atoms with Gasteiger partial charge in [0.15, 0.2) is 0 Å². The molecule has 0 aromatic heterocycles. The first-order valence-corrected chi connectivity index (χ1v) is 6.92. The smallest absolute Gasteiger partial charge is 0.101 e. The van der Waals surface area contributed by atoms with E-state index in [0.717, 1.165) is 18.9 Å². The highest BCUT2D eigenvalue weighted by Gasteiger charge is 2.58. The Balaban J connectivity index is 1.98. The van der Waals surface area contributed by atoms with Gasteiger partial charge in [-0.05, 0) is 38.5 Å². The molecular weight excluding hydrogens is 212 g/mol. The van der Waals surface area contributed by atoms with Gasteiger partial charge in [0.1, 0.15) is 5.60 Å². The third-order valence-corrected chi connectivity index (χ3v) is 4.31. The van der Waals surface area contributed by atoms with Crippen molar-refractivity contribution in [1.29, 1.82) is 0 Å². The summed E-state index contributed by atoms with van der Waals surface area (Å²) in [5.41, 5.74) is 1.63. The molecule has 0 aromatic carbocycles. The lowest BCUT2D eigenvalue weighted by Gasteiger charge is -2.23. The van der Waals surface area contributed by atoms with Gasteiger partial charge in [0.25, 0.3) is 0 Å². The Hall–Kier alpha value is -0.340. The minimum Gasteiger partial charge on any atom is -0.381 e. The monoisotopic (exact) mass is 238 g/mol. The summed E-state index contributed by atoms with van der Waals surface area (Å²) in [5.74, 6) is 1.28. The van der Waals surface area contributed by atoms with Crippen molar-refractivity contribution in [2.24, 2.45) is 11.8 Å². The zero-order valence-corrected chi connectivity index (χ0v) is 11.7. The summed E-state index contributed by atoms with van der Waals surface area (Å²) < 4.78 is 11.4. The molecular formula is C15H26O2. The highest BCUT2D eigenvalue weighted by atomic mass is 16.6. The molecule has 1 aliphatic carbocycles. The largest absolute Gasteiger partial charge is 0.381 e. The molecule has 2 aliphatic rings. The molecule has 1 saturated carbocycles. The molecule has 98 valence electrons. The Morgan fingerprint density at radius 1 is 1.53 bits per heavy atom. The summed E-state index contributed by atoms with van der Waals surface area (Å²) in [6, 6.07) is 0. The van der Waals surface area contributed by atoms with Gasteiger partial charge in [0.2, 0.25) is 0 Å². The molecule has 2 nitrogen and oxygen atoms in total. The van der Waals surface area contributed by atoms with E-state index < -0.39 is 0 Å². The second-order valence-electron chi connectivity index (χ2n) is 6.06. The van der Waals surface area contributed by atoms with E-state index in [-0.39, 0.29) is 5.60 Å². The molecule has 17 heavy (non-hydrogen) atoms. The van der Waals surface area contributed by atoms with Crippen molar-refractivity contribution < 1.29 is 9.47 Å². The minimum atomic E-state index is 0.152. The van der Waals surface area contributed by atoms with Gasteiger partial charge < -0.3 is 9.47 Å². The van der Waals surface area contributed by atoms with Crippen LogP contribution in [0.4, 0.5) is 0 Å². The van der Waals surface area contributed by atoms with Crippen molar-refractivity contribution in [2.75, 3.05) is 13.7 Å². The Morgan fingerprint density at radius 2 is 2.24 bits per heavy atom. The first-order chi connectivity index (χ1) is 8.09. The zero-order valence-electron chi connectivity index (χ0n) is 11.7. The number of rotatable bonds is 5. The van der Waals surface area contributed by atoms with E-state index in [4.69, 9.17) is 9.47 Å². The van der Waals surface area contributed by atoms with E-state index in [9.17, 15) is 0 Å². The molecule has 0 amide bonds. The Morgan fingerprint density at radius 3 is 2.76 bits per heavy atom. The fourth-order valence-corrected chi connectivity index (χ4v) is 3.20. The lowest BCUT2D eigenvalue weighted by Crippen LogP contribution is -2.28. The normalized spacial score (nSPS) is 37.1. The fraction of sp³-hybridized carbons (Fsp3) is 0.867. The molecule has 0 N–H and O–H groups in total. The third-order valence-electron chi connectivity index (χ3n) is 4.31. The van der Waals surface area contributed by atoms with Crippen LogP contribution in [0.25, 0.3) is 0 Å². The molecule has 0 bridgehead atoms. The summed E-state index contributed by atoms with van der Waals surface area (Å²) in [6.45, 7) is 7.75. The van der Waals surface area contributed by atoms with Crippen LogP contribution in [0.1, 0.15) is 46.5 Å². The summed E-state index contributed by atoms with van der Waals surface area (Å²) in [4.78, 5) is 0. The van der Waals surface area contributed by atoms with Crippen molar-refractivity contribution in [3.05, 3.63) is 11.6 Å². The van der Waals surface area contributed by atoms with Crippen LogP contribution in [0, 0.1) is 11.8 Å². The lowest BCUT2D eigenvalue weighted by atomic mass is 9.87. The molecule has 2 rings (SSSR count). The number of ether oxygens (including phenoxy) is 2. The number of epoxide rings is 1. The second-order valence-corrected chi connectivity index (χ2v) is 6.06. The SMILES string of the molecule is CO[C@@H]1CC[C@]2(CO2)[C@H]1/C(C)=C/CCC(C)C. The highest BCUT2D eigenvalue weighted by Crippen LogP contribution is 2.51. The summed E-state index contributed by atoms with van der Waals surface area (Å²) in [7, 11) is 1.83. The van der Waals surface area contributed by atoms with Crippen molar-refractivity contribution in [1.82, 2.24) is 0 Å². The topological polar surface area (TPSA) is 21.8 Å². The standard InChI is InChI=1S/C15H26O2/c1-11(2)6-5-7-12(3)14-13(16-4)8-9-15(14)10-17-15/h7,11,13-14H,5-6,8-10H2,1-4H3/b12-7+/t13-,14+,15+/m1/s1. The predicted octanol–water partition coefficient (Wildman–Crippen LogP) is 3.56. The summed E-state index contributed by atoms with van der Waals surface area (Å²) in [5, 5.41) is 0. The van der Waals surface area contributed by atoms with Crippen molar-refractivity contribution in [3.63, 3.8) is 0 Å². The molecule has 2 heteroatoms. The van der Waals surface area contributed by atoms with Crippen LogP contribution in [0.2, 0.25) is 0 Å².